The number of ether oxygens (including phenoxy) is 2. The highest BCUT2D eigenvalue weighted by Gasteiger charge is 2.45. The molecule has 2 aliphatic rings. The molecule has 0 aliphatic carbocycles. The second-order valence-corrected chi connectivity index (χ2v) is 9.62. The molecule has 2 aromatic rings. The van der Waals surface area contributed by atoms with Crippen molar-refractivity contribution in [2.45, 2.75) is 26.3 Å². The fourth-order valence-electron chi connectivity index (χ4n) is 4.53. The SMILES string of the molecule is CC(C)COc1ccc(/C(O)=C2\C(=O)C(=O)N(CCCN3CCOCC3)[C@H]2c2ccc(O)cc2)cc1. The summed E-state index contributed by atoms with van der Waals surface area (Å²) in [5.41, 5.74) is 1.13. The van der Waals surface area contributed by atoms with E-state index in [0.29, 0.717) is 55.6 Å². The summed E-state index contributed by atoms with van der Waals surface area (Å²) in [6, 6.07) is 12.5. The molecule has 2 N–H and O–H groups in total. The van der Waals surface area contributed by atoms with Gasteiger partial charge in [-0.3, -0.25) is 14.5 Å². The summed E-state index contributed by atoms with van der Waals surface area (Å²) < 4.78 is 11.1. The zero-order valence-electron chi connectivity index (χ0n) is 20.9. The number of likely N-dealkylation sites (tertiary alicyclic amines) is 1. The first-order valence-corrected chi connectivity index (χ1v) is 12.5. The van der Waals surface area contributed by atoms with E-state index in [9.17, 15) is 19.8 Å². The van der Waals surface area contributed by atoms with Crippen LogP contribution in [-0.2, 0) is 14.3 Å². The van der Waals surface area contributed by atoms with Crippen molar-refractivity contribution in [2.75, 3.05) is 46.0 Å². The minimum atomic E-state index is -0.743. The van der Waals surface area contributed by atoms with Crippen molar-refractivity contribution < 1.29 is 29.3 Å². The second kappa shape index (κ2) is 11.6. The predicted molar refractivity (Wildman–Crippen MR) is 136 cm³/mol. The average molecular weight is 495 g/mol. The number of aromatic hydroxyl groups is 1. The van der Waals surface area contributed by atoms with Gasteiger partial charge >= 0.3 is 0 Å². The fourth-order valence-corrected chi connectivity index (χ4v) is 4.53. The first kappa shape index (κ1) is 25.7. The Labute approximate surface area is 211 Å². The Morgan fingerprint density at radius 1 is 1.03 bits per heavy atom. The van der Waals surface area contributed by atoms with E-state index < -0.39 is 17.7 Å². The van der Waals surface area contributed by atoms with Crippen molar-refractivity contribution in [2.24, 2.45) is 5.92 Å². The molecular formula is C28H34N2O6. The van der Waals surface area contributed by atoms with E-state index in [2.05, 4.69) is 18.7 Å². The molecule has 8 heteroatoms. The van der Waals surface area contributed by atoms with E-state index in [1.54, 1.807) is 36.4 Å². The molecule has 0 saturated carbocycles. The number of carbonyl (C=O) groups excluding carboxylic acids is 2. The molecular weight excluding hydrogens is 460 g/mol. The minimum Gasteiger partial charge on any atom is -0.508 e. The Bertz CT molecular complexity index is 1090. The van der Waals surface area contributed by atoms with E-state index in [0.717, 1.165) is 19.6 Å². The lowest BCUT2D eigenvalue weighted by molar-refractivity contribution is -0.140. The van der Waals surface area contributed by atoms with Gasteiger partial charge in [-0.25, -0.2) is 0 Å². The number of aliphatic hydroxyl groups excluding tert-OH is 1. The average Bonchev–Trinajstić information content (AvgIpc) is 3.13. The number of phenols is 1. The van der Waals surface area contributed by atoms with Crippen LogP contribution in [0.4, 0.5) is 0 Å². The van der Waals surface area contributed by atoms with Gasteiger partial charge in [0.15, 0.2) is 0 Å². The number of amides is 1. The maximum atomic E-state index is 13.2. The monoisotopic (exact) mass is 494 g/mol. The van der Waals surface area contributed by atoms with Gasteiger partial charge < -0.3 is 24.6 Å². The van der Waals surface area contributed by atoms with Gasteiger partial charge in [0.05, 0.1) is 31.4 Å². The van der Waals surface area contributed by atoms with Crippen molar-refractivity contribution in [3.8, 4) is 11.5 Å². The van der Waals surface area contributed by atoms with E-state index in [4.69, 9.17) is 9.47 Å². The Kier molecular flexibility index (Phi) is 8.28. The van der Waals surface area contributed by atoms with Gasteiger partial charge in [-0.2, -0.15) is 0 Å². The molecule has 8 nitrogen and oxygen atoms in total. The van der Waals surface area contributed by atoms with Gasteiger partial charge in [-0.05, 0) is 54.3 Å². The lowest BCUT2D eigenvalue weighted by Crippen LogP contribution is -2.38. The molecule has 0 aromatic heterocycles. The summed E-state index contributed by atoms with van der Waals surface area (Å²) in [6.45, 7) is 8.92. The van der Waals surface area contributed by atoms with Crippen molar-refractivity contribution in [3.05, 3.63) is 65.2 Å². The number of rotatable bonds is 9. The lowest BCUT2D eigenvalue weighted by Gasteiger charge is -2.29. The molecule has 2 aliphatic heterocycles. The Balaban J connectivity index is 1.61. The van der Waals surface area contributed by atoms with Crippen LogP contribution in [0.15, 0.2) is 54.1 Å². The number of hydrogen-bond donors (Lipinski definition) is 2. The third-order valence-electron chi connectivity index (χ3n) is 6.44. The summed E-state index contributed by atoms with van der Waals surface area (Å²) in [4.78, 5) is 30.1. The van der Waals surface area contributed by atoms with E-state index in [-0.39, 0.29) is 17.1 Å². The van der Waals surface area contributed by atoms with E-state index in [1.807, 2.05) is 0 Å². The Morgan fingerprint density at radius 3 is 2.33 bits per heavy atom. The molecule has 0 radical (unpaired) electrons. The number of Topliss-reactive ketones (excluding diaryl/α,β-unsaturated/α-hetero) is 1. The summed E-state index contributed by atoms with van der Waals surface area (Å²) in [7, 11) is 0. The smallest absolute Gasteiger partial charge is 0.295 e. The highest BCUT2D eigenvalue weighted by Crippen LogP contribution is 2.40. The number of morpholine rings is 1. The van der Waals surface area contributed by atoms with E-state index >= 15 is 0 Å². The number of carbonyl (C=O) groups is 2. The summed E-state index contributed by atoms with van der Waals surface area (Å²) >= 11 is 0. The number of benzene rings is 2. The van der Waals surface area contributed by atoms with Gasteiger partial charge in [0.1, 0.15) is 17.3 Å². The van der Waals surface area contributed by atoms with Crippen LogP contribution in [0.5, 0.6) is 11.5 Å². The normalized spacial score (nSPS) is 20.3. The van der Waals surface area contributed by atoms with Crippen molar-refractivity contribution in [1.82, 2.24) is 9.80 Å². The summed E-state index contributed by atoms with van der Waals surface area (Å²) in [6.07, 6.45) is 0.684. The van der Waals surface area contributed by atoms with Crippen LogP contribution in [0.1, 0.15) is 37.4 Å². The quantitative estimate of drug-likeness (QED) is 0.312. The molecule has 2 heterocycles. The maximum Gasteiger partial charge on any atom is 0.295 e. The number of phenolic OH excluding ortho intramolecular Hbond substituents is 1. The number of nitrogens with zero attached hydrogens (tertiary/aromatic N) is 2. The molecule has 0 bridgehead atoms. The molecule has 2 aromatic carbocycles. The van der Waals surface area contributed by atoms with Crippen LogP contribution in [0.2, 0.25) is 0 Å². The minimum absolute atomic E-state index is 0.0490. The lowest BCUT2D eigenvalue weighted by atomic mass is 9.95. The van der Waals surface area contributed by atoms with Crippen LogP contribution in [0.3, 0.4) is 0 Å². The van der Waals surface area contributed by atoms with E-state index in [1.165, 1.54) is 17.0 Å². The third-order valence-corrected chi connectivity index (χ3v) is 6.44. The molecule has 36 heavy (non-hydrogen) atoms. The maximum absolute atomic E-state index is 13.2. The third kappa shape index (κ3) is 5.88. The zero-order valence-corrected chi connectivity index (χ0v) is 20.9. The van der Waals surface area contributed by atoms with Gasteiger partial charge in [0.2, 0.25) is 0 Å². The molecule has 1 atom stereocenters. The van der Waals surface area contributed by atoms with Gasteiger partial charge in [0, 0.05) is 31.7 Å². The highest BCUT2D eigenvalue weighted by atomic mass is 16.5. The molecule has 0 spiro atoms. The number of hydrogen-bond acceptors (Lipinski definition) is 7. The van der Waals surface area contributed by atoms with Crippen LogP contribution >= 0.6 is 0 Å². The Morgan fingerprint density at radius 2 is 1.69 bits per heavy atom. The zero-order chi connectivity index (χ0) is 25.7. The van der Waals surface area contributed by atoms with Crippen LogP contribution in [0, 0.1) is 5.92 Å². The summed E-state index contributed by atoms with van der Waals surface area (Å²) in [5.74, 6) is -0.440. The molecule has 4 rings (SSSR count). The van der Waals surface area contributed by atoms with Crippen LogP contribution < -0.4 is 4.74 Å². The predicted octanol–water partition coefficient (Wildman–Crippen LogP) is 3.57. The van der Waals surface area contributed by atoms with Gasteiger partial charge in [-0.1, -0.05) is 26.0 Å². The molecule has 0 unspecified atom stereocenters. The molecule has 2 saturated heterocycles. The van der Waals surface area contributed by atoms with Crippen LogP contribution in [-0.4, -0.2) is 77.7 Å². The molecule has 192 valence electrons. The molecule has 1 amide bonds. The molecule has 2 fully saturated rings. The van der Waals surface area contributed by atoms with Crippen molar-refractivity contribution in [3.63, 3.8) is 0 Å². The Hall–Kier alpha value is -3.36. The highest BCUT2D eigenvalue weighted by molar-refractivity contribution is 6.46. The van der Waals surface area contributed by atoms with Gasteiger partial charge in [-0.15, -0.1) is 0 Å². The topological polar surface area (TPSA) is 99.5 Å². The fraction of sp³-hybridized carbons (Fsp3) is 0.429. The van der Waals surface area contributed by atoms with Gasteiger partial charge in [0.25, 0.3) is 11.7 Å². The van der Waals surface area contributed by atoms with Crippen molar-refractivity contribution in [1.29, 1.82) is 0 Å². The van der Waals surface area contributed by atoms with Crippen molar-refractivity contribution >= 4 is 17.4 Å². The first-order valence-electron chi connectivity index (χ1n) is 12.5. The second-order valence-electron chi connectivity index (χ2n) is 9.62. The largest absolute Gasteiger partial charge is 0.508 e. The van der Waals surface area contributed by atoms with Crippen LogP contribution in [0.25, 0.3) is 5.76 Å². The number of ketones is 1. The number of aliphatic hydroxyl groups is 1. The standard InChI is InChI=1S/C28H34N2O6/c1-19(2)18-36-23-10-6-21(7-11-23)26(32)24-25(20-4-8-22(31)9-5-20)30(28(34)27(24)33)13-3-12-29-14-16-35-17-15-29/h4-11,19,25,31-32H,3,12-18H2,1-2H3/b26-24+/t25-/m0/s1. The summed E-state index contributed by atoms with van der Waals surface area (Å²) in [5, 5.41) is 21.0. The first-order chi connectivity index (χ1) is 17.3.